The molecule has 10 N–H and O–H groups in total. The zero-order valence-corrected chi connectivity index (χ0v) is 73.8. The number of ketones is 1. The van der Waals surface area contributed by atoms with Crippen LogP contribution in [-0.2, 0) is 52.6 Å². The first-order valence-corrected chi connectivity index (χ1v) is 45.7. The number of unbranched alkanes of at least 4 members (excludes halogenated alkanes) is 2. The van der Waals surface area contributed by atoms with Crippen molar-refractivity contribution in [3.8, 4) is 29.0 Å². The van der Waals surface area contributed by atoms with Crippen molar-refractivity contribution in [2.45, 2.75) is 197 Å². The molecular formula is C94H119N19O16. The summed E-state index contributed by atoms with van der Waals surface area (Å²) in [6.07, 6.45) is 11.1. The summed E-state index contributed by atoms with van der Waals surface area (Å²) >= 11 is 0. The Balaban J connectivity index is 0.534. The van der Waals surface area contributed by atoms with Gasteiger partial charge in [-0.3, -0.25) is 43.3 Å². The summed E-state index contributed by atoms with van der Waals surface area (Å²) in [6, 6.07) is 28.0. The van der Waals surface area contributed by atoms with E-state index in [-0.39, 0.29) is 129 Å². The number of hydrogen-bond acceptors (Lipinski definition) is 27. The fraction of sp³-hybridized carbons (Fsp3) is 0.543. The number of likely N-dealkylation sites (tertiary alicyclic amines) is 1. The molecule has 129 heavy (non-hydrogen) atoms. The molecule has 3 saturated carbocycles. The molecule has 686 valence electrons. The Bertz CT molecular complexity index is 5060. The lowest BCUT2D eigenvalue weighted by Crippen LogP contribution is -2.58. The number of piperazine rings is 2. The molecule has 9 amide bonds. The number of nitriles is 1. The summed E-state index contributed by atoms with van der Waals surface area (Å²) in [7, 11) is 1.93. The molecular weight excluding hydrogens is 1650 g/mol. The van der Waals surface area contributed by atoms with Gasteiger partial charge in [-0.05, 0) is 176 Å². The topological polar surface area (TPSA) is 451 Å². The maximum Gasteiger partial charge on any atom is 0.509 e. The number of Topliss-reactive ketones (excluding diaryl/α,β-unsaturated/α-hetero) is 1. The van der Waals surface area contributed by atoms with Crippen LogP contribution < -0.4 is 57.5 Å². The minimum atomic E-state index is -1.56. The number of hydrogen-bond donors (Lipinski definition) is 8. The first-order valence-electron chi connectivity index (χ1n) is 45.7. The fourth-order valence-corrected chi connectivity index (χ4v) is 19.7. The number of nitrogens with one attached hydrogen (secondary N) is 5. The molecule has 3 aromatic heterocycles. The van der Waals surface area contributed by atoms with E-state index < -0.39 is 89.2 Å². The maximum atomic E-state index is 15.5. The third kappa shape index (κ3) is 22.0. The molecule has 3 aromatic carbocycles. The Morgan fingerprint density at radius 2 is 1.40 bits per heavy atom. The number of phenols is 1. The molecule has 2 bridgehead atoms. The van der Waals surface area contributed by atoms with E-state index in [9.17, 15) is 53.5 Å². The summed E-state index contributed by atoms with van der Waals surface area (Å²) in [5.74, 6) is -4.41. The maximum absolute atomic E-state index is 15.5. The van der Waals surface area contributed by atoms with Crippen molar-refractivity contribution in [2.75, 3.05) is 124 Å². The molecule has 5 saturated heterocycles. The number of aromatic hydroxyl groups is 1. The van der Waals surface area contributed by atoms with Crippen LogP contribution in [0.2, 0.25) is 0 Å². The van der Waals surface area contributed by atoms with Gasteiger partial charge >= 0.3 is 12.2 Å². The number of rotatable bonds is 36. The minimum Gasteiger partial charge on any atom is -0.507 e. The Labute approximate surface area is 750 Å². The van der Waals surface area contributed by atoms with Crippen molar-refractivity contribution in [3.63, 3.8) is 0 Å². The average molecular weight is 1770 g/mol. The van der Waals surface area contributed by atoms with E-state index in [1.54, 1.807) is 48.2 Å². The Kier molecular flexibility index (Phi) is 29.4. The Morgan fingerprint density at radius 1 is 0.705 bits per heavy atom. The summed E-state index contributed by atoms with van der Waals surface area (Å²) < 4.78 is 31.5. The largest absolute Gasteiger partial charge is 0.509 e. The van der Waals surface area contributed by atoms with Gasteiger partial charge in [-0.1, -0.05) is 61.8 Å². The number of amides is 9. The van der Waals surface area contributed by atoms with Crippen molar-refractivity contribution in [2.24, 2.45) is 34.8 Å². The molecule has 8 fully saturated rings. The molecule has 5 unspecified atom stereocenters. The zero-order chi connectivity index (χ0) is 90.6. The number of phenolic OH excluding ortho intramolecular Hbond substituents is 1. The van der Waals surface area contributed by atoms with Gasteiger partial charge in [-0.2, -0.15) is 5.26 Å². The number of nitrogens with two attached hydrogens (primary N) is 2. The van der Waals surface area contributed by atoms with Gasteiger partial charge in [-0.25, -0.2) is 14.6 Å². The molecule has 15 rings (SSSR count). The summed E-state index contributed by atoms with van der Waals surface area (Å²) in [6.45, 7) is 13.8. The van der Waals surface area contributed by atoms with E-state index in [4.69, 9.17) is 34.9 Å². The van der Waals surface area contributed by atoms with E-state index in [1.165, 1.54) is 36.4 Å². The van der Waals surface area contributed by atoms with Crippen LogP contribution in [0.25, 0.3) is 11.3 Å². The summed E-state index contributed by atoms with van der Waals surface area (Å²) in [4.78, 5) is 156. The fourth-order valence-electron chi connectivity index (χ4n) is 19.7. The highest BCUT2D eigenvalue weighted by atomic mass is 16.7. The van der Waals surface area contributed by atoms with Crippen LogP contribution in [0.4, 0.5) is 38.3 Å². The van der Waals surface area contributed by atoms with Gasteiger partial charge in [0.2, 0.25) is 35.6 Å². The van der Waals surface area contributed by atoms with Crippen LogP contribution in [0.3, 0.4) is 0 Å². The van der Waals surface area contributed by atoms with E-state index in [1.807, 2.05) is 51.4 Å². The number of carbonyl (C=O) groups excluding carboxylic acids is 10. The molecule has 0 radical (unpaired) electrons. The number of para-hydroxylation sites is 1. The SMILES string of the molecule is CC(C)C(C(=O)C1C[C@H](OC(=O)OC(C(=O)N2CCN(C)CC2)c2ccc(NC(=O)[C@H](CCCNC(N)=O)NC(=O)C3(C(=O)NCCCCCN4C(=O)C=CC4=O)CCC3)cc2)C[C@H]1C(=O)N[C@@H](C)c1ccc(C#N)cc1)c1cc(N2CCC(CN3CCC(O[C@H]4C[C@H](Oc5cc(N6C7CCC6CN(c6cc(-c8ccccc8O)nnc6N)C7)ccn5)C4)CC3)CC2)no1. The number of fused-ring (bicyclic) bond motifs is 2. The average Bonchev–Trinajstić information content (AvgIpc) is 1.76. The van der Waals surface area contributed by atoms with Gasteiger partial charge in [0.25, 0.3) is 17.7 Å². The molecule has 6 aliphatic heterocycles. The number of aromatic nitrogens is 4. The van der Waals surface area contributed by atoms with Crippen LogP contribution in [0.5, 0.6) is 11.6 Å². The molecule has 9 atom stereocenters. The van der Waals surface area contributed by atoms with Gasteiger partial charge in [0.15, 0.2) is 11.6 Å². The first-order chi connectivity index (χ1) is 62.3. The number of primary amides is 1. The number of benzene rings is 3. The highest BCUT2D eigenvalue weighted by molar-refractivity contribution is 6.13. The van der Waals surface area contributed by atoms with E-state index in [2.05, 4.69) is 89.6 Å². The Hall–Kier alpha value is -12.3. The first kappa shape index (κ1) is 91.5. The van der Waals surface area contributed by atoms with E-state index in [0.717, 1.165) is 119 Å². The van der Waals surface area contributed by atoms with Crippen LogP contribution in [0.1, 0.15) is 177 Å². The number of nitrogen functional groups attached to an aromatic ring is 1. The van der Waals surface area contributed by atoms with Gasteiger partial charge in [0.1, 0.15) is 41.0 Å². The lowest BCUT2D eigenvalue weighted by Gasteiger charge is -2.43. The number of likely N-dealkylation sites (N-methyl/N-ethyl adjacent to an activating group) is 1. The standard InChI is InChI=1S/C94H119N19O16/c1-57(2)83(78-52-79(106-129-78)109-40-28-60(29-41-109)54-108-38-30-67(31-39-108)125-68-47-69(48-68)126-80-46-64(27-36-98-80)113-65-23-24-66(113)56-111(55-65)76-51-75(104-105-86(76)96)71-12-6-7-14-77(71)114)84(117)72-49-70(50-73(72)87(118)101-58(3)61-17-15-59(53-95)16-18-61)127-93(124)128-85(89(120)110-44-42-107(4)43-45-110)62-19-21-63(22-20-62)102-88(119)74(13-10-35-100-92(97)123)103-91(122)94(32-11-33-94)90(121)99-34-8-5-9-37-112-81(115)25-26-82(112)116/h6-7,12,14-22,25-27,36,46,51-52,57-58,60,65-70,72-74,83,85,114H,5,8-11,13,23-24,28-35,37-45,47-50,54-56H2,1-4H3,(H2,96,105)(H,99,121)(H,101,118)(H,102,119)(H,103,122)(H3,97,100,123)/t58-,65?,66?,68-,69-,70-,72?,73+,74-,83?,85?/m0/s1. The number of urea groups is 1. The number of pyridine rings is 1. The molecule has 6 aromatic rings. The smallest absolute Gasteiger partial charge is 0.507 e. The number of piperidine rings is 2. The van der Waals surface area contributed by atoms with Crippen molar-refractivity contribution in [1.82, 2.24) is 61.2 Å². The normalized spacial score (nSPS) is 22.7. The van der Waals surface area contributed by atoms with Crippen LogP contribution >= 0.6 is 0 Å². The molecule has 9 aliphatic rings. The monoisotopic (exact) mass is 1770 g/mol. The molecule has 3 aliphatic carbocycles. The van der Waals surface area contributed by atoms with Crippen LogP contribution in [0, 0.1) is 40.4 Å². The molecule has 35 nitrogen and oxygen atoms in total. The lowest BCUT2D eigenvalue weighted by molar-refractivity contribution is -0.151. The number of anilines is 5. The quantitative estimate of drug-likeness (QED) is 0.00792. The predicted molar refractivity (Wildman–Crippen MR) is 476 cm³/mol. The zero-order valence-electron chi connectivity index (χ0n) is 73.8. The van der Waals surface area contributed by atoms with Crippen molar-refractivity contribution < 1.29 is 76.5 Å². The number of ether oxygens (including phenoxy) is 4. The second-order valence-electron chi connectivity index (χ2n) is 36.4. The highest BCUT2D eigenvalue weighted by Crippen LogP contribution is 2.46. The van der Waals surface area contributed by atoms with Gasteiger partial charge in [0.05, 0.1) is 53.1 Å². The Morgan fingerprint density at radius 3 is 2.09 bits per heavy atom. The summed E-state index contributed by atoms with van der Waals surface area (Å²) in [5, 5.41) is 47.3. The molecule has 0 spiro atoms. The van der Waals surface area contributed by atoms with E-state index in [0.29, 0.717) is 97.9 Å². The van der Waals surface area contributed by atoms with E-state index >= 15 is 4.79 Å². The number of nitrogens with zero attached hydrogens (tertiary/aromatic N) is 12. The van der Waals surface area contributed by atoms with Crippen molar-refractivity contribution >= 4 is 88.0 Å². The second kappa shape index (κ2) is 41.4. The molecule has 9 heterocycles. The van der Waals surface area contributed by atoms with Crippen LogP contribution in [-0.4, -0.2) is 246 Å². The number of imide groups is 1. The van der Waals surface area contributed by atoms with Gasteiger partial charge in [0, 0.05) is 175 Å². The van der Waals surface area contributed by atoms with Gasteiger partial charge < -0.3 is 96.0 Å². The lowest BCUT2D eigenvalue weighted by atomic mass is 9.67. The third-order valence-electron chi connectivity index (χ3n) is 27.4. The second-order valence-corrected chi connectivity index (χ2v) is 36.4. The predicted octanol–water partition coefficient (Wildman–Crippen LogP) is 8.35. The highest BCUT2D eigenvalue weighted by Gasteiger charge is 2.53. The summed E-state index contributed by atoms with van der Waals surface area (Å²) in [5.41, 5.74) is 15.1. The van der Waals surface area contributed by atoms with Gasteiger partial charge in [-0.15, -0.1) is 10.2 Å². The third-order valence-corrected chi connectivity index (χ3v) is 27.4. The van der Waals surface area contributed by atoms with Crippen molar-refractivity contribution in [3.05, 3.63) is 138 Å². The minimum absolute atomic E-state index is 0.0272. The molecule has 35 heteroatoms. The van der Waals surface area contributed by atoms with Crippen LogP contribution in [0.15, 0.2) is 120 Å². The van der Waals surface area contributed by atoms with Crippen molar-refractivity contribution in [1.29, 1.82) is 5.26 Å². The number of carbonyl (C=O) groups is 10.